The Hall–Kier alpha value is -2.06. The molecule has 17 heavy (non-hydrogen) atoms. The quantitative estimate of drug-likeness (QED) is 0.789. The van der Waals surface area contributed by atoms with E-state index in [1.807, 2.05) is 48.6 Å². The van der Waals surface area contributed by atoms with Crippen LogP contribution in [0.4, 0.5) is 0 Å². The first-order valence-electron chi connectivity index (χ1n) is 5.54. The van der Waals surface area contributed by atoms with Gasteiger partial charge in [-0.15, -0.1) is 0 Å². The molecule has 0 aliphatic carbocycles. The van der Waals surface area contributed by atoms with Crippen LogP contribution < -0.4 is 5.73 Å². The Morgan fingerprint density at radius 3 is 1.76 bits per heavy atom. The van der Waals surface area contributed by atoms with Crippen LogP contribution in [0.5, 0.6) is 5.75 Å². The monoisotopic (exact) mass is 225 g/mol. The molecule has 3 N–H and O–H groups in total. The molecular formula is C15H15NO. The van der Waals surface area contributed by atoms with Gasteiger partial charge in [-0.3, -0.25) is 0 Å². The van der Waals surface area contributed by atoms with Crippen LogP contribution in [-0.2, 0) is 6.54 Å². The SMILES string of the molecule is NCc1ccc(C=Cc2ccc(O)cc2)cc1. The lowest BCUT2D eigenvalue weighted by Crippen LogP contribution is -1.94. The minimum absolute atomic E-state index is 0.287. The fourth-order valence-electron chi connectivity index (χ4n) is 1.54. The fourth-order valence-corrected chi connectivity index (χ4v) is 1.54. The Labute approximate surface area is 101 Å². The predicted molar refractivity (Wildman–Crippen MR) is 71.4 cm³/mol. The summed E-state index contributed by atoms with van der Waals surface area (Å²) in [6, 6.07) is 15.2. The minimum atomic E-state index is 0.287. The number of nitrogens with two attached hydrogens (primary N) is 1. The van der Waals surface area contributed by atoms with E-state index in [1.165, 1.54) is 0 Å². The van der Waals surface area contributed by atoms with Crippen molar-refractivity contribution in [1.82, 2.24) is 0 Å². The van der Waals surface area contributed by atoms with Gasteiger partial charge in [0.1, 0.15) is 5.75 Å². The van der Waals surface area contributed by atoms with E-state index in [0.29, 0.717) is 6.54 Å². The molecule has 2 aromatic rings. The number of hydrogen-bond donors (Lipinski definition) is 2. The first-order chi connectivity index (χ1) is 8.28. The smallest absolute Gasteiger partial charge is 0.115 e. The summed E-state index contributed by atoms with van der Waals surface area (Å²) in [6.07, 6.45) is 4.05. The molecule has 0 bridgehead atoms. The Morgan fingerprint density at radius 1 is 0.824 bits per heavy atom. The average molecular weight is 225 g/mol. The lowest BCUT2D eigenvalue weighted by molar-refractivity contribution is 0.475. The topological polar surface area (TPSA) is 46.2 Å². The van der Waals surface area contributed by atoms with Crippen molar-refractivity contribution < 1.29 is 5.11 Å². The van der Waals surface area contributed by atoms with Crippen molar-refractivity contribution in [3.63, 3.8) is 0 Å². The zero-order chi connectivity index (χ0) is 12.1. The summed E-state index contributed by atoms with van der Waals surface area (Å²) in [4.78, 5) is 0. The third-order valence-corrected chi connectivity index (χ3v) is 2.58. The molecule has 0 atom stereocenters. The maximum absolute atomic E-state index is 9.16. The number of hydrogen-bond acceptors (Lipinski definition) is 2. The molecule has 0 aliphatic heterocycles. The maximum atomic E-state index is 9.16. The number of rotatable bonds is 3. The van der Waals surface area contributed by atoms with E-state index in [1.54, 1.807) is 12.1 Å². The van der Waals surface area contributed by atoms with Crippen LogP contribution in [0, 0.1) is 0 Å². The molecule has 2 heteroatoms. The van der Waals surface area contributed by atoms with Gasteiger partial charge in [0, 0.05) is 6.54 Å². The highest BCUT2D eigenvalue weighted by molar-refractivity contribution is 5.69. The lowest BCUT2D eigenvalue weighted by Gasteiger charge is -1.98. The van der Waals surface area contributed by atoms with E-state index < -0.39 is 0 Å². The molecule has 2 rings (SSSR count). The summed E-state index contributed by atoms with van der Waals surface area (Å²) in [6.45, 7) is 0.571. The molecule has 0 spiro atoms. The first-order valence-corrected chi connectivity index (χ1v) is 5.54. The summed E-state index contributed by atoms with van der Waals surface area (Å²) >= 11 is 0. The van der Waals surface area contributed by atoms with Crippen molar-refractivity contribution in [2.24, 2.45) is 5.73 Å². The molecule has 0 aliphatic rings. The van der Waals surface area contributed by atoms with Gasteiger partial charge in [-0.05, 0) is 28.8 Å². The Balaban J connectivity index is 2.11. The van der Waals surface area contributed by atoms with E-state index in [-0.39, 0.29) is 5.75 Å². The molecule has 0 saturated heterocycles. The number of benzene rings is 2. The Bertz CT molecular complexity index is 497. The molecule has 0 amide bonds. The molecule has 86 valence electrons. The van der Waals surface area contributed by atoms with Crippen LogP contribution in [0.3, 0.4) is 0 Å². The molecule has 0 radical (unpaired) electrons. The summed E-state index contributed by atoms with van der Waals surface area (Å²) in [5, 5.41) is 9.16. The standard InChI is InChI=1S/C15H15NO/c16-11-14-5-3-12(4-6-14)1-2-13-7-9-15(17)10-8-13/h1-10,17H,11,16H2. The molecule has 0 fully saturated rings. The van der Waals surface area contributed by atoms with Crippen molar-refractivity contribution in [2.45, 2.75) is 6.54 Å². The maximum Gasteiger partial charge on any atom is 0.115 e. The van der Waals surface area contributed by atoms with E-state index in [0.717, 1.165) is 16.7 Å². The van der Waals surface area contributed by atoms with Crippen molar-refractivity contribution in [3.05, 3.63) is 65.2 Å². The van der Waals surface area contributed by atoms with E-state index >= 15 is 0 Å². The third kappa shape index (κ3) is 3.20. The lowest BCUT2D eigenvalue weighted by atomic mass is 10.1. The van der Waals surface area contributed by atoms with E-state index in [4.69, 9.17) is 10.8 Å². The van der Waals surface area contributed by atoms with Crippen LogP contribution in [0.25, 0.3) is 12.2 Å². The van der Waals surface area contributed by atoms with Gasteiger partial charge in [-0.2, -0.15) is 0 Å². The second kappa shape index (κ2) is 5.32. The predicted octanol–water partition coefficient (Wildman–Crippen LogP) is 3.02. The minimum Gasteiger partial charge on any atom is -0.508 e. The highest BCUT2D eigenvalue weighted by atomic mass is 16.3. The zero-order valence-corrected chi connectivity index (χ0v) is 9.51. The van der Waals surface area contributed by atoms with Gasteiger partial charge in [0.05, 0.1) is 0 Å². The van der Waals surface area contributed by atoms with Gasteiger partial charge in [0.2, 0.25) is 0 Å². The van der Waals surface area contributed by atoms with Crippen LogP contribution in [0.15, 0.2) is 48.5 Å². The van der Waals surface area contributed by atoms with Crippen molar-refractivity contribution in [3.8, 4) is 5.75 Å². The number of aromatic hydroxyl groups is 1. The number of phenols is 1. The summed E-state index contributed by atoms with van der Waals surface area (Å²) in [7, 11) is 0. The van der Waals surface area contributed by atoms with Crippen LogP contribution in [0.2, 0.25) is 0 Å². The van der Waals surface area contributed by atoms with Crippen LogP contribution >= 0.6 is 0 Å². The second-order valence-electron chi connectivity index (χ2n) is 3.87. The second-order valence-corrected chi connectivity index (χ2v) is 3.87. The molecule has 0 aromatic heterocycles. The van der Waals surface area contributed by atoms with Gasteiger partial charge in [-0.25, -0.2) is 0 Å². The van der Waals surface area contributed by atoms with Crippen molar-refractivity contribution >= 4 is 12.2 Å². The molecule has 0 saturated carbocycles. The van der Waals surface area contributed by atoms with Crippen LogP contribution in [0.1, 0.15) is 16.7 Å². The molecule has 0 heterocycles. The Morgan fingerprint density at radius 2 is 1.29 bits per heavy atom. The fraction of sp³-hybridized carbons (Fsp3) is 0.0667. The zero-order valence-electron chi connectivity index (χ0n) is 9.51. The van der Waals surface area contributed by atoms with Gasteiger partial charge in [0.15, 0.2) is 0 Å². The van der Waals surface area contributed by atoms with Crippen LogP contribution in [-0.4, -0.2) is 5.11 Å². The number of phenolic OH excluding ortho intramolecular Hbond substituents is 1. The normalized spacial score (nSPS) is 10.9. The van der Waals surface area contributed by atoms with E-state index in [9.17, 15) is 0 Å². The summed E-state index contributed by atoms with van der Waals surface area (Å²) < 4.78 is 0. The molecule has 2 nitrogen and oxygen atoms in total. The van der Waals surface area contributed by atoms with Gasteiger partial charge in [-0.1, -0.05) is 48.6 Å². The molecular weight excluding hydrogens is 210 g/mol. The highest BCUT2D eigenvalue weighted by Gasteiger charge is 1.91. The van der Waals surface area contributed by atoms with Gasteiger partial charge >= 0.3 is 0 Å². The summed E-state index contributed by atoms with van der Waals surface area (Å²) in [5.41, 5.74) is 8.86. The third-order valence-electron chi connectivity index (χ3n) is 2.58. The van der Waals surface area contributed by atoms with Gasteiger partial charge < -0.3 is 10.8 Å². The van der Waals surface area contributed by atoms with E-state index in [2.05, 4.69) is 0 Å². The largest absolute Gasteiger partial charge is 0.508 e. The van der Waals surface area contributed by atoms with Gasteiger partial charge in [0.25, 0.3) is 0 Å². The van der Waals surface area contributed by atoms with Crippen molar-refractivity contribution in [1.29, 1.82) is 0 Å². The average Bonchev–Trinajstić information content (AvgIpc) is 2.39. The van der Waals surface area contributed by atoms with Crippen molar-refractivity contribution in [2.75, 3.05) is 0 Å². The first kappa shape index (κ1) is 11.4. The molecule has 0 unspecified atom stereocenters. The summed E-state index contributed by atoms with van der Waals surface area (Å²) in [5.74, 6) is 0.287. The molecule has 2 aromatic carbocycles. The Kier molecular flexibility index (Phi) is 3.58. The highest BCUT2D eigenvalue weighted by Crippen LogP contribution is 2.13.